The van der Waals surface area contributed by atoms with Crippen LogP contribution in [0, 0.1) is 5.82 Å². The van der Waals surface area contributed by atoms with Crippen molar-refractivity contribution in [2.45, 2.75) is 19.4 Å². The molecule has 0 aromatic heterocycles. The van der Waals surface area contributed by atoms with E-state index >= 15 is 0 Å². The molecule has 2 aromatic carbocycles. The van der Waals surface area contributed by atoms with Crippen molar-refractivity contribution in [3.05, 3.63) is 65.5 Å². The Morgan fingerprint density at radius 1 is 1.07 bits per heavy atom. The number of benzene rings is 2. The monoisotopic (exact) mass is 501 g/mol. The topological polar surface area (TPSA) is 54.9 Å². The van der Waals surface area contributed by atoms with Gasteiger partial charge in [0.1, 0.15) is 17.7 Å². The molecule has 0 bridgehead atoms. The molecule has 154 valence electrons. The molecule has 0 saturated carbocycles. The van der Waals surface area contributed by atoms with Crippen molar-refractivity contribution in [1.82, 2.24) is 10.6 Å². The van der Waals surface area contributed by atoms with Gasteiger partial charge in [0.15, 0.2) is 5.96 Å². The molecule has 0 amide bonds. The van der Waals surface area contributed by atoms with E-state index < -0.39 is 0 Å². The average Bonchev–Trinajstić information content (AvgIpc) is 2.70. The predicted octanol–water partition coefficient (Wildman–Crippen LogP) is 3.94. The number of hydrogen-bond donors (Lipinski definition) is 2. The predicted molar refractivity (Wildman–Crippen MR) is 122 cm³/mol. The zero-order valence-corrected chi connectivity index (χ0v) is 18.9. The summed E-state index contributed by atoms with van der Waals surface area (Å²) >= 11 is 0. The van der Waals surface area contributed by atoms with Gasteiger partial charge in [-0.05, 0) is 42.7 Å². The smallest absolute Gasteiger partial charge is 0.191 e. The largest absolute Gasteiger partial charge is 0.496 e. The number of ether oxygens (including phenoxy) is 2. The molecule has 0 heterocycles. The van der Waals surface area contributed by atoms with Gasteiger partial charge in [-0.2, -0.15) is 0 Å². The van der Waals surface area contributed by atoms with Crippen molar-refractivity contribution >= 4 is 29.9 Å². The molecular formula is C21H29FIN3O2. The molecular weight excluding hydrogens is 472 g/mol. The minimum Gasteiger partial charge on any atom is -0.496 e. The molecule has 28 heavy (non-hydrogen) atoms. The maximum absolute atomic E-state index is 13.1. The Hall–Kier alpha value is -1.87. The van der Waals surface area contributed by atoms with Crippen LogP contribution in [0.25, 0.3) is 0 Å². The Kier molecular flexibility index (Phi) is 11.5. The molecule has 0 saturated heterocycles. The van der Waals surface area contributed by atoms with E-state index in [-0.39, 0.29) is 35.9 Å². The SMILES string of the molecule is CCNC(=NCC(OC)c1ccc(F)cc1)NCCc1ccccc1OC.I. The van der Waals surface area contributed by atoms with Crippen LogP contribution in [-0.4, -0.2) is 39.8 Å². The number of nitrogens with one attached hydrogen (secondary N) is 2. The molecule has 2 rings (SSSR count). The third kappa shape index (κ3) is 7.63. The zero-order valence-electron chi connectivity index (χ0n) is 16.6. The van der Waals surface area contributed by atoms with Gasteiger partial charge in [-0.3, -0.25) is 4.99 Å². The van der Waals surface area contributed by atoms with Crippen LogP contribution in [0.5, 0.6) is 5.75 Å². The zero-order chi connectivity index (χ0) is 19.5. The number of para-hydroxylation sites is 1. The molecule has 0 aliphatic carbocycles. The van der Waals surface area contributed by atoms with Crippen LogP contribution in [0.15, 0.2) is 53.5 Å². The summed E-state index contributed by atoms with van der Waals surface area (Å²) in [6.45, 7) is 3.94. The van der Waals surface area contributed by atoms with Crippen LogP contribution < -0.4 is 15.4 Å². The van der Waals surface area contributed by atoms with Gasteiger partial charge in [-0.15, -0.1) is 24.0 Å². The van der Waals surface area contributed by atoms with Crippen LogP contribution in [0.4, 0.5) is 4.39 Å². The fourth-order valence-electron chi connectivity index (χ4n) is 2.73. The number of rotatable bonds is 9. The van der Waals surface area contributed by atoms with Crippen molar-refractivity contribution in [1.29, 1.82) is 0 Å². The van der Waals surface area contributed by atoms with E-state index in [1.807, 2.05) is 25.1 Å². The second-order valence-electron chi connectivity index (χ2n) is 5.98. The Morgan fingerprint density at radius 2 is 1.79 bits per heavy atom. The van der Waals surface area contributed by atoms with Crippen molar-refractivity contribution < 1.29 is 13.9 Å². The van der Waals surface area contributed by atoms with Gasteiger partial charge in [0, 0.05) is 20.2 Å². The van der Waals surface area contributed by atoms with Gasteiger partial charge in [0.2, 0.25) is 0 Å². The number of halogens is 2. The summed E-state index contributed by atoms with van der Waals surface area (Å²) < 4.78 is 24.0. The Bertz CT molecular complexity index is 726. The van der Waals surface area contributed by atoms with Crippen molar-refractivity contribution in [3.8, 4) is 5.75 Å². The quantitative estimate of drug-likeness (QED) is 0.311. The standard InChI is InChI=1S/C21H28FN3O2.HI/c1-4-23-21(24-14-13-16-7-5-6-8-19(16)26-2)25-15-20(27-3)17-9-11-18(22)12-10-17;/h5-12,20H,4,13-15H2,1-3H3,(H2,23,24,25);1H. The summed E-state index contributed by atoms with van der Waals surface area (Å²) in [5.41, 5.74) is 2.04. The molecule has 0 spiro atoms. The lowest BCUT2D eigenvalue weighted by Crippen LogP contribution is -2.38. The molecule has 0 aliphatic rings. The summed E-state index contributed by atoms with van der Waals surface area (Å²) in [5.74, 6) is 1.34. The van der Waals surface area contributed by atoms with E-state index in [9.17, 15) is 4.39 Å². The highest BCUT2D eigenvalue weighted by Crippen LogP contribution is 2.18. The van der Waals surface area contributed by atoms with Crippen LogP contribution >= 0.6 is 24.0 Å². The fourth-order valence-corrected chi connectivity index (χ4v) is 2.73. The summed E-state index contributed by atoms with van der Waals surface area (Å²) in [5, 5.41) is 6.56. The fraction of sp³-hybridized carbons (Fsp3) is 0.381. The van der Waals surface area contributed by atoms with Crippen LogP contribution in [-0.2, 0) is 11.2 Å². The van der Waals surface area contributed by atoms with Crippen molar-refractivity contribution in [2.24, 2.45) is 4.99 Å². The molecule has 1 unspecified atom stereocenters. The third-order valence-corrected chi connectivity index (χ3v) is 4.17. The highest BCUT2D eigenvalue weighted by molar-refractivity contribution is 14.0. The number of guanidine groups is 1. The second-order valence-corrected chi connectivity index (χ2v) is 5.98. The maximum Gasteiger partial charge on any atom is 0.191 e. The lowest BCUT2D eigenvalue weighted by molar-refractivity contribution is 0.111. The first kappa shape index (κ1) is 24.2. The minimum absolute atomic E-state index is 0. The number of methoxy groups -OCH3 is 2. The Labute approximate surface area is 183 Å². The lowest BCUT2D eigenvalue weighted by Gasteiger charge is -2.16. The number of nitrogens with zero attached hydrogens (tertiary/aromatic N) is 1. The minimum atomic E-state index is -0.261. The van der Waals surface area contributed by atoms with Crippen LogP contribution in [0.3, 0.4) is 0 Å². The summed E-state index contributed by atoms with van der Waals surface area (Å²) in [6, 6.07) is 14.3. The van der Waals surface area contributed by atoms with Crippen molar-refractivity contribution in [3.63, 3.8) is 0 Å². The first-order chi connectivity index (χ1) is 13.2. The Morgan fingerprint density at radius 3 is 2.43 bits per heavy atom. The number of hydrogen-bond acceptors (Lipinski definition) is 3. The van der Waals surface area contributed by atoms with Gasteiger partial charge in [-0.25, -0.2) is 4.39 Å². The van der Waals surface area contributed by atoms with Crippen LogP contribution in [0.2, 0.25) is 0 Å². The van der Waals surface area contributed by atoms with Gasteiger partial charge in [0.05, 0.1) is 13.7 Å². The van der Waals surface area contributed by atoms with Gasteiger partial charge in [0.25, 0.3) is 0 Å². The van der Waals surface area contributed by atoms with Crippen molar-refractivity contribution in [2.75, 3.05) is 33.9 Å². The van der Waals surface area contributed by atoms with E-state index in [1.165, 1.54) is 12.1 Å². The van der Waals surface area contributed by atoms with E-state index in [4.69, 9.17) is 9.47 Å². The number of aliphatic imine (C=N–C) groups is 1. The molecule has 2 N–H and O–H groups in total. The first-order valence-electron chi connectivity index (χ1n) is 9.10. The molecule has 5 nitrogen and oxygen atoms in total. The van der Waals surface area contributed by atoms with Gasteiger partial charge >= 0.3 is 0 Å². The third-order valence-electron chi connectivity index (χ3n) is 4.17. The van der Waals surface area contributed by atoms with Gasteiger partial charge in [-0.1, -0.05) is 30.3 Å². The maximum atomic E-state index is 13.1. The van der Waals surface area contributed by atoms with E-state index in [0.717, 1.165) is 42.3 Å². The van der Waals surface area contributed by atoms with E-state index in [1.54, 1.807) is 26.4 Å². The first-order valence-corrected chi connectivity index (χ1v) is 9.10. The highest BCUT2D eigenvalue weighted by atomic mass is 127. The highest BCUT2D eigenvalue weighted by Gasteiger charge is 2.11. The summed E-state index contributed by atoms with van der Waals surface area (Å²) in [6.07, 6.45) is 0.593. The van der Waals surface area contributed by atoms with E-state index in [0.29, 0.717) is 6.54 Å². The summed E-state index contributed by atoms with van der Waals surface area (Å²) in [7, 11) is 3.31. The molecule has 0 fully saturated rings. The molecule has 0 aliphatic heterocycles. The molecule has 7 heteroatoms. The molecule has 2 aromatic rings. The summed E-state index contributed by atoms with van der Waals surface area (Å²) in [4.78, 5) is 4.60. The Balaban J connectivity index is 0.00000392. The second kappa shape index (κ2) is 13.3. The lowest BCUT2D eigenvalue weighted by atomic mass is 10.1. The van der Waals surface area contributed by atoms with Gasteiger partial charge < -0.3 is 20.1 Å². The van der Waals surface area contributed by atoms with E-state index in [2.05, 4.69) is 21.7 Å². The molecule has 1 atom stereocenters. The van der Waals surface area contributed by atoms with Crippen LogP contribution in [0.1, 0.15) is 24.2 Å². The molecule has 0 radical (unpaired) electrons. The normalized spacial score (nSPS) is 12.1. The average molecular weight is 501 g/mol.